The Morgan fingerprint density at radius 2 is 2.00 bits per heavy atom. The lowest BCUT2D eigenvalue weighted by atomic mass is 10.1. The minimum Gasteiger partial charge on any atom is -0.295 e. The van der Waals surface area contributed by atoms with Crippen molar-refractivity contribution in [3.8, 4) is 0 Å². The molecule has 0 bridgehead atoms. The summed E-state index contributed by atoms with van der Waals surface area (Å²) in [6.07, 6.45) is 0. The van der Waals surface area contributed by atoms with Gasteiger partial charge in [0.2, 0.25) is 0 Å². The Hall–Kier alpha value is -1.64. The van der Waals surface area contributed by atoms with E-state index in [4.69, 9.17) is 0 Å². The van der Waals surface area contributed by atoms with E-state index < -0.39 is 0 Å². The highest BCUT2D eigenvalue weighted by Gasteiger charge is 2.21. The molecule has 1 heterocycles. The van der Waals surface area contributed by atoms with Gasteiger partial charge in [0.15, 0.2) is 0 Å². The van der Waals surface area contributed by atoms with Crippen molar-refractivity contribution in [3.63, 3.8) is 0 Å². The molecule has 0 radical (unpaired) electrons. The zero-order valence-electron chi connectivity index (χ0n) is 9.95. The summed E-state index contributed by atoms with van der Waals surface area (Å²) in [7, 11) is 0. The summed E-state index contributed by atoms with van der Waals surface area (Å²) < 4.78 is 0. The van der Waals surface area contributed by atoms with Crippen molar-refractivity contribution < 1.29 is 4.79 Å². The van der Waals surface area contributed by atoms with Crippen LogP contribution in [0.5, 0.6) is 0 Å². The van der Waals surface area contributed by atoms with Crippen LogP contribution in [0.15, 0.2) is 23.2 Å². The minimum atomic E-state index is 0.0573. The Morgan fingerprint density at radius 3 is 2.56 bits per heavy atom. The Balaban J connectivity index is 2.27. The number of rotatable bonds is 1. The molecule has 3 heteroatoms. The molecular weight excluding hydrogens is 200 g/mol. The fourth-order valence-corrected chi connectivity index (χ4v) is 1.84. The molecule has 16 heavy (non-hydrogen) atoms. The summed E-state index contributed by atoms with van der Waals surface area (Å²) in [5, 5.41) is 0. The van der Waals surface area contributed by atoms with E-state index in [0.29, 0.717) is 6.54 Å². The molecule has 0 aliphatic carbocycles. The number of hydrogen-bond donors (Lipinski definition) is 0. The monoisotopic (exact) mass is 216 g/mol. The van der Waals surface area contributed by atoms with Crippen molar-refractivity contribution in [2.45, 2.75) is 20.8 Å². The van der Waals surface area contributed by atoms with Gasteiger partial charge in [0, 0.05) is 12.1 Å². The van der Waals surface area contributed by atoms with Crippen LogP contribution >= 0.6 is 0 Å². The van der Waals surface area contributed by atoms with Crippen LogP contribution in [0.3, 0.4) is 0 Å². The third-order valence-corrected chi connectivity index (χ3v) is 3.05. The van der Waals surface area contributed by atoms with Gasteiger partial charge in [-0.1, -0.05) is 6.07 Å². The Kier molecular flexibility index (Phi) is 2.77. The van der Waals surface area contributed by atoms with Crippen LogP contribution in [0, 0.1) is 13.8 Å². The van der Waals surface area contributed by atoms with Crippen molar-refractivity contribution in [2.75, 3.05) is 13.1 Å². The second-order valence-electron chi connectivity index (χ2n) is 4.18. The molecule has 1 aliphatic heterocycles. The maximum atomic E-state index is 12.2. The molecule has 0 atom stereocenters. The van der Waals surface area contributed by atoms with Gasteiger partial charge in [-0.15, -0.1) is 0 Å². The van der Waals surface area contributed by atoms with E-state index in [1.807, 2.05) is 39.0 Å². The van der Waals surface area contributed by atoms with Gasteiger partial charge in [0.1, 0.15) is 5.84 Å². The first-order valence-electron chi connectivity index (χ1n) is 5.50. The fourth-order valence-electron chi connectivity index (χ4n) is 1.84. The average molecular weight is 216 g/mol. The molecule has 0 saturated heterocycles. The molecule has 2 rings (SSSR count). The first-order valence-corrected chi connectivity index (χ1v) is 5.50. The highest BCUT2D eigenvalue weighted by Crippen LogP contribution is 2.14. The second-order valence-corrected chi connectivity index (χ2v) is 4.18. The number of amides is 1. The van der Waals surface area contributed by atoms with Gasteiger partial charge in [0.25, 0.3) is 5.91 Å². The SMILES string of the molecule is CC1=NCCN1C(=O)c1ccc(C)c(C)c1. The minimum absolute atomic E-state index is 0.0573. The summed E-state index contributed by atoms with van der Waals surface area (Å²) >= 11 is 0. The summed E-state index contributed by atoms with van der Waals surface area (Å²) in [5.74, 6) is 0.880. The number of carbonyl (C=O) groups excluding carboxylic acids is 1. The summed E-state index contributed by atoms with van der Waals surface area (Å²) in [5.41, 5.74) is 3.11. The second kappa shape index (κ2) is 4.08. The summed E-state index contributed by atoms with van der Waals surface area (Å²) in [6, 6.07) is 5.82. The summed E-state index contributed by atoms with van der Waals surface area (Å²) in [6.45, 7) is 7.38. The smallest absolute Gasteiger partial charge is 0.259 e. The number of benzene rings is 1. The van der Waals surface area contributed by atoms with Gasteiger partial charge in [-0.25, -0.2) is 0 Å². The lowest BCUT2D eigenvalue weighted by Gasteiger charge is -2.16. The van der Waals surface area contributed by atoms with E-state index in [1.165, 1.54) is 5.56 Å². The van der Waals surface area contributed by atoms with Gasteiger partial charge in [-0.3, -0.25) is 14.7 Å². The zero-order chi connectivity index (χ0) is 11.7. The third-order valence-electron chi connectivity index (χ3n) is 3.05. The van der Waals surface area contributed by atoms with E-state index in [0.717, 1.165) is 23.5 Å². The van der Waals surface area contributed by atoms with Gasteiger partial charge >= 0.3 is 0 Å². The van der Waals surface area contributed by atoms with Crippen molar-refractivity contribution >= 4 is 11.7 Å². The van der Waals surface area contributed by atoms with Crippen LogP contribution in [0.1, 0.15) is 28.4 Å². The van der Waals surface area contributed by atoms with E-state index in [2.05, 4.69) is 4.99 Å². The maximum Gasteiger partial charge on any atom is 0.259 e. The van der Waals surface area contributed by atoms with Crippen LogP contribution in [-0.2, 0) is 0 Å². The van der Waals surface area contributed by atoms with E-state index in [9.17, 15) is 4.79 Å². The molecule has 1 aromatic carbocycles. The van der Waals surface area contributed by atoms with E-state index >= 15 is 0 Å². The van der Waals surface area contributed by atoms with Crippen LogP contribution < -0.4 is 0 Å². The predicted molar refractivity (Wildman–Crippen MR) is 64.9 cm³/mol. The molecule has 0 unspecified atom stereocenters. The maximum absolute atomic E-state index is 12.2. The van der Waals surface area contributed by atoms with Crippen molar-refractivity contribution in [3.05, 3.63) is 34.9 Å². The Labute approximate surface area is 95.8 Å². The number of carbonyl (C=O) groups is 1. The molecule has 1 aliphatic rings. The molecule has 0 spiro atoms. The summed E-state index contributed by atoms with van der Waals surface area (Å²) in [4.78, 5) is 18.1. The molecule has 0 fully saturated rings. The van der Waals surface area contributed by atoms with Crippen LogP contribution in [0.4, 0.5) is 0 Å². The highest BCUT2D eigenvalue weighted by molar-refractivity contribution is 6.06. The number of amidine groups is 1. The van der Waals surface area contributed by atoms with Crippen LogP contribution in [-0.4, -0.2) is 29.7 Å². The quantitative estimate of drug-likeness (QED) is 0.708. The zero-order valence-corrected chi connectivity index (χ0v) is 9.95. The normalized spacial score (nSPS) is 15.2. The standard InChI is InChI=1S/C13H16N2O/c1-9-4-5-12(8-10(9)2)13(16)15-7-6-14-11(15)3/h4-5,8H,6-7H2,1-3H3. The fraction of sp³-hybridized carbons (Fsp3) is 0.385. The first-order chi connectivity index (χ1) is 7.59. The lowest BCUT2D eigenvalue weighted by molar-refractivity contribution is 0.0857. The van der Waals surface area contributed by atoms with Crippen molar-refractivity contribution in [2.24, 2.45) is 4.99 Å². The molecule has 1 aromatic rings. The van der Waals surface area contributed by atoms with Gasteiger partial charge in [0.05, 0.1) is 6.54 Å². The van der Waals surface area contributed by atoms with Gasteiger partial charge < -0.3 is 0 Å². The molecule has 0 aromatic heterocycles. The third kappa shape index (κ3) is 1.85. The van der Waals surface area contributed by atoms with Crippen LogP contribution in [0.25, 0.3) is 0 Å². The van der Waals surface area contributed by atoms with E-state index in [1.54, 1.807) is 4.90 Å². The predicted octanol–water partition coefficient (Wildman–Crippen LogP) is 2.18. The highest BCUT2D eigenvalue weighted by atomic mass is 16.2. The number of nitrogens with zero attached hydrogens (tertiary/aromatic N) is 2. The molecule has 0 N–H and O–H groups in total. The molecule has 1 amide bonds. The molecule has 0 saturated carbocycles. The lowest BCUT2D eigenvalue weighted by Crippen LogP contribution is -2.32. The molecular formula is C13H16N2O. The van der Waals surface area contributed by atoms with Crippen LogP contribution in [0.2, 0.25) is 0 Å². The largest absolute Gasteiger partial charge is 0.295 e. The number of aryl methyl sites for hydroxylation is 2. The molecule has 84 valence electrons. The van der Waals surface area contributed by atoms with Crippen molar-refractivity contribution in [1.29, 1.82) is 0 Å². The molecule has 3 nitrogen and oxygen atoms in total. The van der Waals surface area contributed by atoms with Gasteiger partial charge in [-0.05, 0) is 44.0 Å². The Morgan fingerprint density at radius 1 is 1.25 bits per heavy atom. The topological polar surface area (TPSA) is 32.7 Å². The average Bonchev–Trinajstić information content (AvgIpc) is 2.67. The first kappa shape index (κ1) is 10.9. The van der Waals surface area contributed by atoms with Crippen molar-refractivity contribution in [1.82, 2.24) is 4.90 Å². The van der Waals surface area contributed by atoms with E-state index in [-0.39, 0.29) is 5.91 Å². The number of aliphatic imine (C=N–C) groups is 1. The van der Waals surface area contributed by atoms with Gasteiger partial charge in [-0.2, -0.15) is 0 Å². The Bertz CT molecular complexity index is 463. The number of hydrogen-bond acceptors (Lipinski definition) is 2.